The van der Waals surface area contributed by atoms with E-state index in [2.05, 4.69) is 24.9 Å². The van der Waals surface area contributed by atoms with Crippen molar-refractivity contribution in [3.05, 3.63) is 12.2 Å². The SMILES string of the molecule is CC=CC(CC)=NCC. The summed E-state index contributed by atoms with van der Waals surface area (Å²) in [6.45, 7) is 7.09. The molecule has 0 amide bonds. The van der Waals surface area contributed by atoms with Gasteiger partial charge in [0.25, 0.3) is 0 Å². The number of aliphatic imine (C=N–C) groups is 1. The molecule has 0 aromatic rings. The Balaban J connectivity index is 3.81. The van der Waals surface area contributed by atoms with Crippen LogP contribution in [0.3, 0.4) is 0 Å². The third kappa shape index (κ3) is 3.95. The molecule has 0 fully saturated rings. The zero-order chi connectivity index (χ0) is 7.11. The van der Waals surface area contributed by atoms with E-state index in [0.717, 1.165) is 13.0 Å². The quantitative estimate of drug-likeness (QED) is 0.514. The highest BCUT2D eigenvalue weighted by atomic mass is 14.7. The van der Waals surface area contributed by atoms with Gasteiger partial charge in [0, 0.05) is 12.3 Å². The maximum atomic E-state index is 4.26. The Hall–Kier alpha value is -0.590. The Bertz CT molecular complexity index is 112. The Morgan fingerprint density at radius 2 is 2.11 bits per heavy atom. The molecule has 0 rings (SSSR count). The fourth-order valence-electron chi connectivity index (χ4n) is 0.678. The lowest BCUT2D eigenvalue weighted by Crippen LogP contribution is -1.90. The van der Waals surface area contributed by atoms with E-state index in [1.165, 1.54) is 5.71 Å². The van der Waals surface area contributed by atoms with Crippen molar-refractivity contribution in [3.63, 3.8) is 0 Å². The molecule has 0 saturated carbocycles. The summed E-state index contributed by atoms with van der Waals surface area (Å²) in [4.78, 5) is 4.26. The first-order valence-corrected chi connectivity index (χ1v) is 3.51. The summed E-state index contributed by atoms with van der Waals surface area (Å²) < 4.78 is 0. The van der Waals surface area contributed by atoms with Crippen molar-refractivity contribution in [1.82, 2.24) is 0 Å². The first-order chi connectivity index (χ1) is 4.35. The summed E-state index contributed by atoms with van der Waals surface area (Å²) in [5.41, 5.74) is 1.19. The molecule has 0 atom stereocenters. The van der Waals surface area contributed by atoms with Crippen LogP contribution >= 0.6 is 0 Å². The van der Waals surface area contributed by atoms with Gasteiger partial charge in [0.15, 0.2) is 0 Å². The molecule has 0 heterocycles. The molecule has 0 aliphatic carbocycles. The van der Waals surface area contributed by atoms with Gasteiger partial charge in [-0.15, -0.1) is 0 Å². The van der Waals surface area contributed by atoms with Crippen LogP contribution in [-0.4, -0.2) is 12.3 Å². The fraction of sp³-hybridized carbons (Fsp3) is 0.625. The highest BCUT2D eigenvalue weighted by molar-refractivity contribution is 5.94. The molecule has 9 heavy (non-hydrogen) atoms. The molecule has 1 nitrogen and oxygen atoms in total. The van der Waals surface area contributed by atoms with Crippen molar-refractivity contribution in [2.75, 3.05) is 6.54 Å². The number of hydrogen-bond donors (Lipinski definition) is 0. The number of allylic oxidation sites excluding steroid dienone is 2. The molecule has 0 saturated heterocycles. The van der Waals surface area contributed by atoms with Crippen molar-refractivity contribution in [3.8, 4) is 0 Å². The zero-order valence-electron chi connectivity index (χ0n) is 6.52. The van der Waals surface area contributed by atoms with Gasteiger partial charge < -0.3 is 0 Å². The molecule has 1 heteroatoms. The molecule has 0 aliphatic rings. The van der Waals surface area contributed by atoms with E-state index in [-0.39, 0.29) is 0 Å². The largest absolute Gasteiger partial charge is 0.290 e. The third-order valence-corrected chi connectivity index (χ3v) is 1.08. The number of rotatable bonds is 3. The molecule has 0 bridgehead atoms. The lowest BCUT2D eigenvalue weighted by Gasteiger charge is -1.91. The molecule has 0 aliphatic heterocycles. The van der Waals surface area contributed by atoms with Gasteiger partial charge in [0.05, 0.1) is 0 Å². The Kier molecular flexibility index (Phi) is 5.18. The average molecular weight is 125 g/mol. The van der Waals surface area contributed by atoms with Crippen LogP contribution in [0.4, 0.5) is 0 Å². The predicted molar refractivity (Wildman–Crippen MR) is 43.1 cm³/mol. The minimum Gasteiger partial charge on any atom is -0.290 e. The fourth-order valence-corrected chi connectivity index (χ4v) is 0.678. The van der Waals surface area contributed by atoms with Crippen LogP contribution < -0.4 is 0 Å². The van der Waals surface area contributed by atoms with Crippen LogP contribution in [0.15, 0.2) is 17.1 Å². The standard InChI is InChI=1S/C8H15N/c1-4-7-8(5-2)9-6-3/h4,7H,5-6H2,1-3H3. The molecule has 52 valence electrons. The Labute approximate surface area is 57.5 Å². The molecule has 0 aromatic heterocycles. The topological polar surface area (TPSA) is 12.4 Å². The predicted octanol–water partition coefficient (Wildman–Crippen LogP) is 2.43. The average Bonchev–Trinajstić information content (AvgIpc) is 1.88. The van der Waals surface area contributed by atoms with E-state index < -0.39 is 0 Å². The monoisotopic (exact) mass is 125 g/mol. The highest BCUT2D eigenvalue weighted by Crippen LogP contribution is 1.87. The van der Waals surface area contributed by atoms with Gasteiger partial charge in [-0.1, -0.05) is 13.0 Å². The lowest BCUT2D eigenvalue weighted by molar-refractivity contribution is 1.10. The van der Waals surface area contributed by atoms with Crippen molar-refractivity contribution in [2.24, 2.45) is 4.99 Å². The number of hydrogen-bond acceptors (Lipinski definition) is 1. The molecular weight excluding hydrogens is 110 g/mol. The molecule has 0 N–H and O–H groups in total. The van der Waals surface area contributed by atoms with E-state index in [1.54, 1.807) is 0 Å². The highest BCUT2D eigenvalue weighted by Gasteiger charge is 1.84. The van der Waals surface area contributed by atoms with Gasteiger partial charge in [0.1, 0.15) is 0 Å². The first kappa shape index (κ1) is 8.41. The van der Waals surface area contributed by atoms with E-state index in [4.69, 9.17) is 0 Å². The van der Waals surface area contributed by atoms with E-state index in [9.17, 15) is 0 Å². The van der Waals surface area contributed by atoms with E-state index in [1.807, 2.05) is 13.0 Å². The molecule has 0 radical (unpaired) electrons. The molecular formula is C8H15N. The maximum absolute atomic E-state index is 4.26. The summed E-state index contributed by atoms with van der Waals surface area (Å²) in [6.07, 6.45) is 5.12. The van der Waals surface area contributed by atoms with Crippen molar-refractivity contribution >= 4 is 5.71 Å². The second-order valence-electron chi connectivity index (χ2n) is 1.82. The molecule has 0 spiro atoms. The van der Waals surface area contributed by atoms with Gasteiger partial charge in [-0.25, -0.2) is 0 Å². The Morgan fingerprint density at radius 3 is 2.44 bits per heavy atom. The summed E-state index contributed by atoms with van der Waals surface area (Å²) in [5.74, 6) is 0. The van der Waals surface area contributed by atoms with Crippen LogP contribution in [0.2, 0.25) is 0 Å². The van der Waals surface area contributed by atoms with Crippen LogP contribution in [0.5, 0.6) is 0 Å². The summed E-state index contributed by atoms with van der Waals surface area (Å²) in [6, 6.07) is 0. The summed E-state index contributed by atoms with van der Waals surface area (Å²) in [5, 5.41) is 0. The van der Waals surface area contributed by atoms with Crippen molar-refractivity contribution in [1.29, 1.82) is 0 Å². The second kappa shape index (κ2) is 5.54. The zero-order valence-corrected chi connectivity index (χ0v) is 6.52. The van der Waals surface area contributed by atoms with Crippen LogP contribution in [-0.2, 0) is 0 Å². The van der Waals surface area contributed by atoms with Gasteiger partial charge in [-0.05, 0) is 26.3 Å². The number of nitrogens with zero attached hydrogens (tertiary/aromatic N) is 1. The minimum absolute atomic E-state index is 0.896. The van der Waals surface area contributed by atoms with Gasteiger partial charge >= 0.3 is 0 Å². The third-order valence-electron chi connectivity index (χ3n) is 1.08. The molecule has 0 aromatic carbocycles. The van der Waals surface area contributed by atoms with Crippen molar-refractivity contribution < 1.29 is 0 Å². The van der Waals surface area contributed by atoms with E-state index >= 15 is 0 Å². The molecule has 0 unspecified atom stereocenters. The van der Waals surface area contributed by atoms with Crippen LogP contribution in [0.1, 0.15) is 27.2 Å². The van der Waals surface area contributed by atoms with Crippen LogP contribution in [0.25, 0.3) is 0 Å². The summed E-state index contributed by atoms with van der Waals surface area (Å²) in [7, 11) is 0. The van der Waals surface area contributed by atoms with Crippen LogP contribution in [0, 0.1) is 0 Å². The summed E-state index contributed by atoms with van der Waals surface area (Å²) >= 11 is 0. The first-order valence-electron chi connectivity index (χ1n) is 3.51. The minimum atomic E-state index is 0.896. The normalized spacial score (nSPS) is 13.0. The Morgan fingerprint density at radius 1 is 1.44 bits per heavy atom. The maximum Gasteiger partial charge on any atom is 0.0364 e. The lowest BCUT2D eigenvalue weighted by atomic mass is 10.3. The van der Waals surface area contributed by atoms with Gasteiger partial charge in [-0.3, -0.25) is 4.99 Å². The van der Waals surface area contributed by atoms with Gasteiger partial charge in [0.2, 0.25) is 0 Å². The van der Waals surface area contributed by atoms with E-state index in [0.29, 0.717) is 0 Å². The van der Waals surface area contributed by atoms with Gasteiger partial charge in [-0.2, -0.15) is 0 Å². The second-order valence-corrected chi connectivity index (χ2v) is 1.82. The van der Waals surface area contributed by atoms with Crippen molar-refractivity contribution in [2.45, 2.75) is 27.2 Å². The smallest absolute Gasteiger partial charge is 0.0364 e.